The predicted octanol–water partition coefficient (Wildman–Crippen LogP) is 1.56. The Morgan fingerprint density at radius 3 is 2.58 bits per heavy atom. The van der Waals surface area contributed by atoms with Gasteiger partial charge in [-0.1, -0.05) is 15.9 Å². The van der Waals surface area contributed by atoms with Crippen molar-refractivity contribution in [3.63, 3.8) is 0 Å². The van der Waals surface area contributed by atoms with E-state index in [1.54, 1.807) is 25.1 Å². The second-order valence-electron chi connectivity index (χ2n) is 4.14. The smallest absolute Gasteiger partial charge is 0.240 e. The quantitative estimate of drug-likeness (QED) is 0.766. The summed E-state index contributed by atoms with van der Waals surface area (Å²) in [5, 5.41) is 2.61. The second-order valence-corrected chi connectivity index (χ2v) is 6.80. The van der Waals surface area contributed by atoms with Crippen LogP contribution in [0.2, 0.25) is 0 Å². The fourth-order valence-corrected chi connectivity index (χ4v) is 3.33. The molecule has 0 unspecified atom stereocenters. The summed E-state index contributed by atoms with van der Waals surface area (Å²) in [6.45, 7) is 3.92. The van der Waals surface area contributed by atoms with Gasteiger partial charge in [0.05, 0.1) is 4.90 Å². The van der Waals surface area contributed by atoms with Crippen LogP contribution in [0, 0.1) is 6.92 Å². The third-order valence-electron chi connectivity index (χ3n) is 2.45. The molecule has 0 saturated heterocycles. The molecule has 1 amide bonds. The Hall–Kier alpha value is -0.920. The summed E-state index contributed by atoms with van der Waals surface area (Å²) in [6.07, 6.45) is 0.550. The van der Waals surface area contributed by atoms with Gasteiger partial charge in [-0.05, 0) is 37.1 Å². The summed E-state index contributed by atoms with van der Waals surface area (Å²) in [5.41, 5.74) is 0.684. The molecule has 1 rings (SSSR count). The van der Waals surface area contributed by atoms with E-state index in [0.717, 1.165) is 4.47 Å². The van der Waals surface area contributed by atoms with Crippen LogP contribution in [0.5, 0.6) is 0 Å². The van der Waals surface area contributed by atoms with Crippen LogP contribution >= 0.6 is 15.9 Å². The minimum Gasteiger partial charge on any atom is -0.356 e. The molecule has 0 spiro atoms. The highest BCUT2D eigenvalue weighted by atomic mass is 79.9. The SMILES string of the molecule is CC(=O)NCCCNS(=O)(=O)c1ccc(Br)cc1C. The molecule has 0 fully saturated rings. The lowest BCUT2D eigenvalue weighted by Gasteiger charge is -2.09. The van der Waals surface area contributed by atoms with E-state index in [1.165, 1.54) is 6.92 Å². The van der Waals surface area contributed by atoms with E-state index in [0.29, 0.717) is 18.5 Å². The van der Waals surface area contributed by atoms with Crippen molar-refractivity contribution in [3.8, 4) is 0 Å². The number of carbonyl (C=O) groups excluding carboxylic acids is 1. The number of amides is 1. The molecule has 5 nitrogen and oxygen atoms in total. The van der Waals surface area contributed by atoms with E-state index in [-0.39, 0.29) is 17.3 Å². The van der Waals surface area contributed by atoms with E-state index in [9.17, 15) is 13.2 Å². The maximum atomic E-state index is 12.0. The molecule has 0 atom stereocenters. The summed E-state index contributed by atoms with van der Waals surface area (Å²) < 4.78 is 27.5. The number of halogens is 1. The summed E-state index contributed by atoms with van der Waals surface area (Å²) in [7, 11) is -3.49. The Labute approximate surface area is 122 Å². The van der Waals surface area contributed by atoms with Crippen LogP contribution < -0.4 is 10.0 Å². The van der Waals surface area contributed by atoms with E-state index in [2.05, 4.69) is 26.0 Å². The molecule has 1 aromatic rings. The van der Waals surface area contributed by atoms with Crippen LogP contribution in [0.4, 0.5) is 0 Å². The van der Waals surface area contributed by atoms with Crippen molar-refractivity contribution in [2.75, 3.05) is 13.1 Å². The predicted molar refractivity (Wildman–Crippen MR) is 77.4 cm³/mol. The van der Waals surface area contributed by atoms with Crippen LogP contribution in [-0.4, -0.2) is 27.4 Å². The summed E-state index contributed by atoms with van der Waals surface area (Å²) >= 11 is 3.29. The first-order valence-electron chi connectivity index (χ1n) is 5.83. The van der Waals surface area contributed by atoms with Crippen molar-refractivity contribution in [1.29, 1.82) is 0 Å². The molecule has 0 heterocycles. The number of hydrogen-bond donors (Lipinski definition) is 2. The van der Waals surface area contributed by atoms with Gasteiger partial charge < -0.3 is 5.32 Å². The lowest BCUT2D eigenvalue weighted by molar-refractivity contribution is -0.118. The topological polar surface area (TPSA) is 75.3 Å². The van der Waals surface area contributed by atoms with Gasteiger partial charge in [-0.15, -0.1) is 0 Å². The summed E-state index contributed by atoms with van der Waals surface area (Å²) in [4.78, 5) is 10.9. The molecule has 1 aromatic carbocycles. The van der Waals surface area contributed by atoms with E-state index >= 15 is 0 Å². The van der Waals surface area contributed by atoms with Crippen LogP contribution in [0.3, 0.4) is 0 Å². The van der Waals surface area contributed by atoms with E-state index < -0.39 is 10.0 Å². The minimum absolute atomic E-state index is 0.119. The van der Waals surface area contributed by atoms with Crippen LogP contribution in [-0.2, 0) is 14.8 Å². The van der Waals surface area contributed by atoms with Gasteiger partial charge in [0, 0.05) is 24.5 Å². The Kier molecular flexibility index (Phi) is 5.96. The molecule has 0 aliphatic rings. The van der Waals surface area contributed by atoms with Gasteiger partial charge in [-0.25, -0.2) is 13.1 Å². The van der Waals surface area contributed by atoms with Crippen molar-refractivity contribution >= 4 is 31.9 Å². The van der Waals surface area contributed by atoms with E-state index in [1.807, 2.05) is 0 Å². The molecule has 19 heavy (non-hydrogen) atoms. The molecule has 0 saturated carbocycles. The monoisotopic (exact) mass is 348 g/mol. The Morgan fingerprint density at radius 2 is 2.00 bits per heavy atom. The minimum atomic E-state index is -3.49. The molecule has 7 heteroatoms. The first-order chi connectivity index (χ1) is 8.83. The number of benzene rings is 1. The molecule has 0 bridgehead atoms. The van der Waals surface area contributed by atoms with Crippen LogP contribution in [0.15, 0.2) is 27.6 Å². The van der Waals surface area contributed by atoms with Crippen molar-refractivity contribution in [2.24, 2.45) is 0 Å². The Balaban J connectivity index is 2.59. The molecule has 0 aliphatic carbocycles. The third-order valence-corrected chi connectivity index (χ3v) is 4.56. The van der Waals surface area contributed by atoms with Crippen molar-refractivity contribution < 1.29 is 13.2 Å². The lowest BCUT2D eigenvalue weighted by Crippen LogP contribution is -2.29. The molecule has 0 aromatic heterocycles. The van der Waals surface area contributed by atoms with Crippen LogP contribution in [0.1, 0.15) is 18.9 Å². The Morgan fingerprint density at radius 1 is 1.32 bits per heavy atom. The number of carbonyl (C=O) groups is 1. The number of nitrogens with one attached hydrogen (secondary N) is 2. The second kappa shape index (κ2) is 7.02. The molecule has 0 aliphatic heterocycles. The summed E-state index contributed by atoms with van der Waals surface area (Å²) in [5.74, 6) is -0.119. The van der Waals surface area contributed by atoms with Crippen molar-refractivity contribution in [1.82, 2.24) is 10.0 Å². The molecule has 106 valence electrons. The van der Waals surface area contributed by atoms with Gasteiger partial charge in [0.1, 0.15) is 0 Å². The maximum absolute atomic E-state index is 12.0. The highest BCUT2D eigenvalue weighted by Gasteiger charge is 2.15. The Bertz CT molecular complexity index is 558. The highest BCUT2D eigenvalue weighted by molar-refractivity contribution is 9.10. The first-order valence-corrected chi connectivity index (χ1v) is 8.11. The highest BCUT2D eigenvalue weighted by Crippen LogP contribution is 2.19. The van der Waals surface area contributed by atoms with E-state index in [4.69, 9.17) is 0 Å². The fourth-order valence-electron chi connectivity index (χ4n) is 1.55. The largest absolute Gasteiger partial charge is 0.356 e. The lowest BCUT2D eigenvalue weighted by atomic mass is 10.2. The number of sulfonamides is 1. The third kappa shape index (κ3) is 5.30. The standard InChI is InChI=1S/C12H17BrN2O3S/c1-9-8-11(13)4-5-12(9)19(17,18)15-7-3-6-14-10(2)16/h4-5,8,15H,3,6-7H2,1-2H3,(H,14,16). The molecular formula is C12H17BrN2O3S. The van der Waals surface area contributed by atoms with Crippen molar-refractivity contribution in [2.45, 2.75) is 25.2 Å². The average molecular weight is 349 g/mol. The zero-order valence-electron chi connectivity index (χ0n) is 10.9. The molecule has 2 N–H and O–H groups in total. The number of hydrogen-bond acceptors (Lipinski definition) is 3. The number of aryl methyl sites for hydroxylation is 1. The van der Waals surface area contributed by atoms with Crippen molar-refractivity contribution in [3.05, 3.63) is 28.2 Å². The molecular weight excluding hydrogens is 332 g/mol. The van der Waals surface area contributed by atoms with Gasteiger partial charge >= 0.3 is 0 Å². The van der Waals surface area contributed by atoms with Gasteiger partial charge in [-0.3, -0.25) is 4.79 Å². The summed E-state index contributed by atoms with van der Waals surface area (Å²) in [6, 6.07) is 5.01. The fraction of sp³-hybridized carbons (Fsp3) is 0.417. The number of rotatable bonds is 6. The van der Waals surface area contributed by atoms with Gasteiger partial charge in [0.15, 0.2) is 0 Å². The average Bonchev–Trinajstić information content (AvgIpc) is 2.27. The van der Waals surface area contributed by atoms with Gasteiger partial charge in [0.25, 0.3) is 0 Å². The normalized spacial score (nSPS) is 11.3. The zero-order chi connectivity index (χ0) is 14.5. The first kappa shape index (κ1) is 16.1. The zero-order valence-corrected chi connectivity index (χ0v) is 13.3. The molecule has 0 radical (unpaired) electrons. The van der Waals surface area contributed by atoms with Gasteiger partial charge in [-0.2, -0.15) is 0 Å². The maximum Gasteiger partial charge on any atom is 0.240 e. The van der Waals surface area contributed by atoms with Crippen LogP contribution in [0.25, 0.3) is 0 Å². The van der Waals surface area contributed by atoms with Gasteiger partial charge in [0.2, 0.25) is 15.9 Å².